The first-order valence-electron chi connectivity index (χ1n) is 6.38. The van der Waals surface area contributed by atoms with Crippen LogP contribution in [0.3, 0.4) is 0 Å². The number of rotatable bonds is 6. The molecule has 21 heavy (non-hydrogen) atoms. The van der Waals surface area contributed by atoms with E-state index in [2.05, 4.69) is 10.9 Å². The van der Waals surface area contributed by atoms with Crippen molar-refractivity contribution in [1.29, 1.82) is 0 Å². The van der Waals surface area contributed by atoms with Crippen molar-refractivity contribution >= 4 is 9.84 Å². The highest BCUT2D eigenvalue weighted by Crippen LogP contribution is 2.21. The minimum atomic E-state index is -3.51. The van der Waals surface area contributed by atoms with Crippen LogP contribution in [0, 0.1) is 0 Å². The maximum Gasteiger partial charge on any atom is 0.206 e. The van der Waals surface area contributed by atoms with E-state index in [4.69, 9.17) is 11.7 Å². The first-order chi connectivity index (χ1) is 10.1. The summed E-state index contributed by atoms with van der Waals surface area (Å²) in [7, 11) is -3.51. The largest absolute Gasteiger partial charge is 0.271 e. The van der Waals surface area contributed by atoms with Gasteiger partial charge in [0.2, 0.25) is 9.84 Å². The monoisotopic (exact) mass is 306 g/mol. The van der Waals surface area contributed by atoms with E-state index in [-0.39, 0.29) is 9.79 Å². The molecule has 6 nitrogen and oxygen atoms in total. The highest BCUT2D eigenvalue weighted by Gasteiger charge is 2.17. The fraction of sp³-hybridized carbons (Fsp3) is 0.143. The van der Waals surface area contributed by atoms with Crippen LogP contribution in [0.25, 0.3) is 0 Å². The Morgan fingerprint density at radius 2 is 1.05 bits per heavy atom. The van der Waals surface area contributed by atoms with E-state index in [1.165, 1.54) is 0 Å². The van der Waals surface area contributed by atoms with Gasteiger partial charge in [-0.2, -0.15) is 0 Å². The van der Waals surface area contributed by atoms with Crippen molar-refractivity contribution < 1.29 is 8.42 Å². The Morgan fingerprint density at radius 1 is 0.714 bits per heavy atom. The lowest BCUT2D eigenvalue weighted by molar-refractivity contribution is 0.596. The van der Waals surface area contributed by atoms with Crippen molar-refractivity contribution in [3.63, 3.8) is 0 Å². The Hall–Kier alpha value is -1.77. The second-order valence-corrected chi connectivity index (χ2v) is 6.50. The number of hydrazine groups is 2. The molecule has 0 aliphatic rings. The Balaban J connectivity index is 2.28. The molecule has 0 heterocycles. The molecule has 0 spiro atoms. The van der Waals surface area contributed by atoms with Crippen molar-refractivity contribution in [2.75, 3.05) is 0 Å². The summed E-state index contributed by atoms with van der Waals surface area (Å²) in [5.41, 5.74) is 6.89. The first-order valence-corrected chi connectivity index (χ1v) is 7.86. The fourth-order valence-corrected chi connectivity index (χ4v) is 3.21. The Morgan fingerprint density at radius 3 is 1.33 bits per heavy atom. The van der Waals surface area contributed by atoms with Gasteiger partial charge in [0.15, 0.2) is 0 Å². The van der Waals surface area contributed by atoms with E-state index in [1.54, 1.807) is 48.5 Å². The Kier molecular flexibility index (Phi) is 5.05. The maximum atomic E-state index is 12.5. The zero-order valence-corrected chi connectivity index (χ0v) is 12.2. The van der Waals surface area contributed by atoms with E-state index in [0.717, 1.165) is 11.1 Å². The second kappa shape index (κ2) is 6.79. The van der Waals surface area contributed by atoms with Crippen LogP contribution in [0.4, 0.5) is 0 Å². The summed E-state index contributed by atoms with van der Waals surface area (Å²) < 4.78 is 25.0. The highest BCUT2D eigenvalue weighted by molar-refractivity contribution is 7.91. The standard InChI is InChI=1S/C14H18N4O2S/c15-17-9-11-1-5-13(6-2-11)21(19,20)14-7-3-12(4-8-14)10-18-16/h1-8,17-18H,9-10,15-16H2. The zero-order valence-electron chi connectivity index (χ0n) is 11.4. The van der Waals surface area contributed by atoms with Crippen LogP contribution in [-0.2, 0) is 22.9 Å². The summed E-state index contributed by atoms with van der Waals surface area (Å²) in [4.78, 5) is 0.515. The van der Waals surface area contributed by atoms with Gasteiger partial charge in [-0.25, -0.2) is 8.42 Å². The lowest BCUT2D eigenvalue weighted by atomic mass is 10.2. The summed E-state index contributed by atoms with van der Waals surface area (Å²) in [5, 5.41) is 0. The second-order valence-electron chi connectivity index (χ2n) is 4.55. The summed E-state index contributed by atoms with van der Waals surface area (Å²) in [6.45, 7) is 0.974. The van der Waals surface area contributed by atoms with Crippen LogP contribution in [-0.4, -0.2) is 8.42 Å². The Bertz CT molecular complexity index is 626. The number of benzene rings is 2. The van der Waals surface area contributed by atoms with Crippen LogP contribution in [0.15, 0.2) is 58.3 Å². The molecule has 6 N–H and O–H groups in total. The minimum Gasteiger partial charge on any atom is -0.271 e. The molecule has 0 amide bonds. The molecule has 0 bridgehead atoms. The third-order valence-corrected chi connectivity index (χ3v) is 4.87. The van der Waals surface area contributed by atoms with Gasteiger partial charge in [-0.3, -0.25) is 22.5 Å². The van der Waals surface area contributed by atoms with Crippen molar-refractivity contribution in [1.82, 2.24) is 10.9 Å². The number of nitrogens with two attached hydrogens (primary N) is 2. The zero-order chi connectivity index (χ0) is 15.3. The van der Waals surface area contributed by atoms with Gasteiger partial charge in [-0.1, -0.05) is 24.3 Å². The van der Waals surface area contributed by atoms with Crippen LogP contribution in [0.5, 0.6) is 0 Å². The van der Waals surface area contributed by atoms with Crippen molar-refractivity contribution in [2.24, 2.45) is 11.7 Å². The quantitative estimate of drug-likeness (QED) is 0.455. The van der Waals surface area contributed by atoms with Gasteiger partial charge in [0, 0.05) is 13.1 Å². The minimum absolute atomic E-state index is 0.257. The predicted molar refractivity (Wildman–Crippen MR) is 80.4 cm³/mol. The molecule has 0 aliphatic carbocycles. The van der Waals surface area contributed by atoms with Crippen molar-refractivity contribution in [2.45, 2.75) is 22.9 Å². The number of sulfone groups is 1. The van der Waals surface area contributed by atoms with Crippen LogP contribution >= 0.6 is 0 Å². The third kappa shape index (κ3) is 3.66. The first kappa shape index (κ1) is 15.6. The van der Waals surface area contributed by atoms with Gasteiger partial charge in [0.25, 0.3) is 0 Å². The molecule has 2 aromatic rings. The van der Waals surface area contributed by atoms with Gasteiger partial charge in [0.1, 0.15) is 0 Å². The van der Waals surface area contributed by atoms with E-state index in [0.29, 0.717) is 13.1 Å². The molecule has 0 saturated heterocycles. The number of hydrogen-bond acceptors (Lipinski definition) is 6. The predicted octanol–water partition coefficient (Wildman–Crippen LogP) is 0.446. The smallest absolute Gasteiger partial charge is 0.206 e. The lowest BCUT2D eigenvalue weighted by Gasteiger charge is -2.07. The maximum absolute atomic E-state index is 12.5. The summed E-state index contributed by atoms with van der Waals surface area (Å²) in [6, 6.07) is 13.3. The summed E-state index contributed by atoms with van der Waals surface area (Å²) in [6.07, 6.45) is 0. The average molecular weight is 306 g/mol. The highest BCUT2D eigenvalue weighted by atomic mass is 32.2. The van der Waals surface area contributed by atoms with Gasteiger partial charge in [-0.05, 0) is 35.4 Å². The van der Waals surface area contributed by atoms with Crippen LogP contribution in [0.2, 0.25) is 0 Å². The number of hydrogen-bond donors (Lipinski definition) is 4. The van der Waals surface area contributed by atoms with Gasteiger partial charge in [0.05, 0.1) is 9.79 Å². The topological polar surface area (TPSA) is 110 Å². The third-order valence-electron chi connectivity index (χ3n) is 3.08. The SMILES string of the molecule is NNCc1ccc(S(=O)(=O)c2ccc(CNN)cc2)cc1. The van der Waals surface area contributed by atoms with E-state index < -0.39 is 9.84 Å². The molecule has 7 heteroatoms. The molecule has 0 aliphatic heterocycles. The van der Waals surface area contributed by atoms with Crippen molar-refractivity contribution in [3.05, 3.63) is 59.7 Å². The van der Waals surface area contributed by atoms with Gasteiger partial charge in [-0.15, -0.1) is 0 Å². The van der Waals surface area contributed by atoms with E-state index in [1.807, 2.05) is 0 Å². The van der Waals surface area contributed by atoms with Crippen LogP contribution in [0.1, 0.15) is 11.1 Å². The molecule has 112 valence electrons. The van der Waals surface area contributed by atoms with E-state index in [9.17, 15) is 8.42 Å². The average Bonchev–Trinajstić information content (AvgIpc) is 2.49. The molecule has 0 fully saturated rings. The van der Waals surface area contributed by atoms with Gasteiger partial charge >= 0.3 is 0 Å². The molecule has 0 aromatic heterocycles. The van der Waals surface area contributed by atoms with Crippen LogP contribution < -0.4 is 22.5 Å². The lowest BCUT2D eigenvalue weighted by Crippen LogP contribution is -2.20. The molecule has 0 atom stereocenters. The molecule has 2 rings (SSSR count). The molecular formula is C14H18N4O2S. The molecule has 2 aromatic carbocycles. The normalized spacial score (nSPS) is 11.5. The Labute approximate surface area is 124 Å². The van der Waals surface area contributed by atoms with Gasteiger partial charge < -0.3 is 0 Å². The fourth-order valence-electron chi connectivity index (χ4n) is 1.94. The molecule has 0 unspecified atom stereocenters. The number of nitrogens with one attached hydrogen (secondary N) is 2. The summed E-state index contributed by atoms with van der Waals surface area (Å²) >= 11 is 0. The van der Waals surface area contributed by atoms with E-state index >= 15 is 0 Å². The summed E-state index contributed by atoms with van der Waals surface area (Å²) in [5.74, 6) is 10.5. The molecular weight excluding hydrogens is 288 g/mol. The molecule has 0 radical (unpaired) electrons. The van der Waals surface area contributed by atoms with Crippen molar-refractivity contribution in [3.8, 4) is 0 Å². The molecule has 0 saturated carbocycles.